The Kier molecular flexibility index (Phi) is 4.01. The van der Waals surface area contributed by atoms with Crippen LogP contribution in [0.1, 0.15) is 38.2 Å². The van der Waals surface area contributed by atoms with Gasteiger partial charge in [-0.15, -0.1) is 0 Å². The maximum Gasteiger partial charge on any atom is 0.189 e. The summed E-state index contributed by atoms with van der Waals surface area (Å²) in [6.45, 7) is 3.56. The molecule has 0 radical (unpaired) electrons. The van der Waals surface area contributed by atoms with E-state index < -0.39 is 0 Å². The van der Waals surface area contributed by atoms with Gasteiger partial charge in [0.2, 0.25) is 0 Å². The Morgan fingerprint density at radius 3 is 3.00 bits per heavy atom. The molecule has 0 spiro atoms. The van der Waals surface area contributed by atoms with E-state index in [0.29, 0.717) is 18.5 Å². The fourth-order valence-corrected chi connectivity index (χ4v) is 2.16. The van der Waals surface area contributed by atoms with E-state index in [9.17, 15) is 0 Å². The highest BCUT2D eigenvalue weighted by Crippen LogP contribution is 2.17. The predicted molar refractivity (Wildman–Crippen MR) is 68.6 cm³/mol. The summed E-state index contributed by atoms with van der Waals surface area (Å²) in [5, 5.41) is 7.47. The highest BCUT2D eigenvalue weighted by atomic mass is 15.3. The number of aryl methyl sites for hydroxylation is 1. The zero-order valence-electron chi connectivity index (χ0n) is 10.4. The van der Waals surface area contributed by atoms with Crippen LogP contribution >= 0.6 is 0 Å². The van der Waals surface area contributed by atoms with Gasteiger partial charge in [-0.2, -0.15) is 5.10 Å². The van der Waals surface area contributed by atoms with Gasteiger partial charge >= 0.3 is 0 Å². The Balaban J connectivity index is 1.82. The molecule has 0 amide bonds. The lowest BCUT2D eigenvalue weighted by atomic mass is 10.2. The standard InChI is InChI=1S/C12H21N5/c1-2-17-9-10(8-15-17)7-14-12(13)16-11-5-3-4-6-11/h8-9,11H,2-7H2,1H3,(H3,13,14,16). The summed E-state index contributed by atoms with van der Waals surface area (Å²) in [7, 11) is 0. The molecule has 0 bridgehead atoms. The number of nitrogens with two attached hydrogens (primary N) is 1. The molecular weight excluding hydrogens is 214 g/mol. The quantitative estimate of drug-likeness (QED) is 0.609. The SMILES string of the molecule is CCn1cc(CN=C(N)NC2CCCC2)cn1. The molecule has 0 saturated heterocycles. The second-order valence-corrected chi connectivity index (χ2v) is 4.53. The van der Waals surface area contributed by atoms with Crippen LogP contribution < -0.4 is 11.1 Å². The second kappa shape index (κ2) is 5.70. The molecule has 1 aliphatic rings. The van der Waals surface area contributed by atoms with Crippen LogP contribution in [0.15, 0.2) is 17.4 Å². The number of rotatable bonds is 4. The summed E-state index contributed by atoms with van der Waals surface area (Å²) < 4.78 is 1.89. The monoisotopic (exact) mass is 235 g/mol. The van der Waals surface area contributed by atoms with Crippen LogP contribution in [0.3, 0.4) is 0 Å². The van der Waals surface area contributed by atoms with Gasteiger partial charge in [-0.25, -0.2) is 4.99 Å². The predicted octanol–water partition coefficient (Wildman–Crippen LogP) is 1.25. The van der Waals surface area contributed by atoms with Gasteiger partial charge in [-0.3, -0.25) is 4.68 Å². The molecule has 0 unspecified atom stereocenters. The summed E-state index contributed by atoms with van der Waals surface area (Å²) in [4.78, 5) is 4.34. The average molecular weight is 235 g/mol. The number of hydrogen-bond acceptors (Lipinski definition) is 2. The van der Waals surface area contributed by atoms with Crippen molar-refractivity contribution < 1.29 is 0 Å². The van der Waals surface area contributed by atoms with Crippen LogP contribution in [0.5, 0.6) is 0 Å². The van der Waals surface area contributed by atoms with Gasteiger partial charge in [0.1, 0.15) is 0 Å². The van der Waals surface area contributed by atoms with Crippen LogP contribution in [0.4, 0.5) is 0 Å². The normalized spacial score (nSPS) is 17.6. The van der Waals surface area contributed by atoms with Gasteiger partial charge in [0.05, 0.1) is 12.7 Å². The highest BCUT2D eigenvalue weighted by Gasteiger charge is 2.14. The van der Waals surface area contributed by atoms with Crippen LogP contribution in [0.2, 0.25) is 0 Å². The highest BCUT2D eigenvalue weighted by molar-refractivity contribution is 5.78. The first-order valence-electron chi connectivity index (χ1n) is 6.35. The molecule has 3 N–H and O–H groups in total. The minimum atomic E-state index is 0.525. The van der Waals surface area contributed by atoms with Gasteiger partial charge in [-0.05, 0) is 19.8 Å². The van der Waals surface area contributed by atoms with Crippen LogP contribution in [0, 0.1) is 0 Å². The Labute approximate surface area is 102 Å². The van der Waals surface area contributed by atoms with Crippen molar-refractivity contribution in [3.63, 3.8) is 0 Å². The molecule has 1 heterocycles. The first-order chi connectivity index (χ1) is 8.28. The molecule has 5 heteroatoms. The topological polar surface area (TPSA) is 68.2 Å². The van der Waals surface area contributed by atoms with E-state index in [1.807, 2.05) is 17.1 Å². The minimum absolute atomic E-state index is 0.525. The molecule has 1 aromatic rings. The third-order valence-electron chi connectivity index (χ3n) is 3.15. The van der Waals surface area contributed by atoms with Crippen molar-refractivity contribution in [1.29, 1.82) is 0 Å². The van der Waals surface area contributed by atoms with Crippen molar-refractivity contribution in [3.05, 3.63) is 18.0 Å². The Hall–Kier alpha value is -1.52. The second-order valence-electron chi connectivity index (χ2n) is 4.53. The molecule has 1 saturated carbocycles. The first-order valence-corrected chi connectivity index (χ1v) is 6.35. The average Bonchev–Trinajstić information content (AvgIpc) is 2.96. The third-order valence-corrected chi connectivity index (χ3v) is 3.15. The van der Waals surface area contributed by atoms with Crippen LogP contribution in [-0.4, -0.2) is 21.8 Å². The zero-order valence-corrected chi connectivity index (χ0v) is 10.4. The van der Waals surface area contributed by atoms with E-state index >= 15 is 0 Å². The number of nitrogens with one attached hydrogen (secondary N) is 1. The van der Waals surface area contributed by atoms with Crippen molar-refractivity contribution >= 4 is 5.96 Å². The van der Waals surface area contributed by atoms with Gasteiger partial charge in [0.25, 0.3) is 0 Å². The molecule has 0 aromatic carbocycles. The van der Waals surface area contributed by atoms with Crippen molar-refractivity contribution in [1.82, 2.24) is 15.1 Å². The van der Waals surface area contributed by atoms with Gasteiger partial charge in [0.15, 0.2) is 5.96 Å². The maximum absolute atomic E-state index is 5.85. The van der Waals surface area contributed by atoms with Crippen LogP contribution in [0.25, 0.3) is 0 Å². The van der Waals surface area contributed by atoms with Crippen molar-refractivity contribution in [2.75, 3.05) is 0 Å². The molecule has 5 nitrogen and oxygen atoms in total. The lowest BCUT2D eigenvalue weighted by molar-refractivity contribution is 0.625. The van der Waals surface area contributed by atoms with E-state index in [0.717, 1.165) is 12.1 Å². The molecule has 2 rings (SSSR count). The smallest absolute Gasteiger partial charge is 0.189 e. The van der Waals surface area contributed by atoms with Crippen molar-refractivity contribution in [3.8, 4) is 0 Å². The summed E-state index contributed by atoms with van der Waals surface area (Å²) in [6, 6.07) is 0.525. The van der Waals surface area contributed by atoms with Gasteiger partial charge in [0, 0.05) is 24.3 Å². The Morgan fingerprint density at radius 1 is 1.59 bits per heavy atom. The summed E-state index contributed by atoms with van der Waals surface area (Å²) in [5.41, 5.74) is 6.95. The fraction of sp³-hybridized carbons (Fsp3) is 0.667. The number of hydrogen-bond donors (Lipinski definition) is 2. The summed E-state index contributed by atoms with van der Waals surface area (Å²) in [5.74, 6) is 0.557. The molecule has 17 heavy (non-hydrogen) atoms. The lowest BCUT2D eigenvalue weighted by Crippen LogP contribution is -2.38. The molecule has 1 aliphatic carbocycles. The number of guanidine groups is 1. The number of aliphatic imine (C=N–C) groups is 1. The lowest BCUT2D eigenvalue weighted by Gasteiger charge is -2.11. The molecule has 94 valence electrons. The van der Waals surface area contributed by atoms with Crippen LogP contribution in [-0.2, 0) is 13.1 Å². The van der Waals surface area contributed by atoms with Crippen molar-refractivity contribution in [2.45, 2.75) is 51.7 Å². The Bertz CT molecular complexity index is 376. The van der Waals surface area contributed by atoms with E-state index in [-0.39, 0.29) is 0 Å². The van der Waals surface area contributed by atoms with E-state index in [1.54, 1.807) is 0 Å². The van der Waals surface area contributed by atoms with E-state index in [4.69, 9.17) is 5.73 Å². The maximum atomic E-state index is 5.85. The van der Waals surface area contributed by atoms with E-state index in [1.165, 1.54) is 25.7 Å². The fourth-order valence-electron chi connectivity index (χ4n) is 2.16. The molecule has 1 fully saturated rings. The van der Waals surface area contributed by atoms with Gasteiger partial charge < -0.3 is 11.1 Å². The molecule has 1 aromatic heterocycles. The first kappa shape index (κ1) is 12.0. The largest absolute Gasteiger partial charge is 0.370 e. The third kappa shape index (κ3) is 3.47. The molecule has 0 aliphatic heterocycles. The minimum Gasteiger partial charge on any atom is -0.370 e. The number of nitrogens with zero attached hydrogens (tertiary/aromatic N) is 3. The Morgan fingerprint density at radius 2 is 2.35 bits per heavy atom. The van der Waals surface area contributed by atoms with Crippen molar-refractivity contribution in [2.24, 2.45) is 10.7 Å². The zero-order chi connectivity index (χ0) is 12.1. The molecular formula is C12H21N5. The van der Waals surface area contributed by atoms with Gasteiger partial charge in [-0.1, -0.05) is 12.8 Å². The van der Waals surface area contributed by atoms with E-state index in [2.05, 4.69) is 22.3 Å². The summed E-state index contributed by atoms with van der Waals surface area (Å²) in [6.07, 6.45) is 8.87. The number of aromatic nitrogens is 2. The summed E-state index contributed by atoms with van der Waals surface area (Å²) >= 11 is 0. The molecule has 0 atom stereocenters.